The lowest BCUT2D eigenvalue weighted by Gasteiger charge is -2.19. The van der Waals surface area contributed by atoms with E-state index in [1.165, 1.54) is 4.90 Å². The molecule has 2 amide bonds. The third-order valence-corrected chi connectivity index (χ3v) is 4.76. The van der Waals surface area contributed by atoms with Crippen molar-refractivity contribution in [1.29, 1.82) is 0 Å². The highest BCUT2D eigenvalue weighted by Gasteiger charge is 2.40. The molecule has 0 radical (unpaired) electrons. The minimum atomic E-state index is -0.611. The number of hydrogen-bond acceptors (Lipinski definition) is 3. The van der Waals surface area contributed by atoms with E-state index in [4.69, 9.17) is 23.2 Å². The number of halogens is 2. The van der Waals surface area contributed by atoms with Crippen LogP contribution in [-0.4, -0.2) is 17.9 Å². The van der Waals surface area contributed by atoms with Gasteiger partial charge in [-0.15, -0.1) is 0 Å². The molecule has 1 N–H and O–H groups in total. The molecular weight excluding hydrogens is 347 g/mol. The van der Waals surface area contributed by atoms with Crippen LogP contribution in [0, 0.1) is 0 Å². The Morgan fingerprint density at radius 3 is 2.58 bits per heavy atom. The van der Waals surface area contributed by atoms with Crippen LogP contribution in [0.25, 0.3) is 0 Å². The normalized spacial score (nSPS) is 17.5. The zero-order valence-electron chi connectivity index (χ0n) is 13.1. The van der Waals surface area contributed by atoms with Gasteiger partial charge in [-0.25, -0.2) is 4.90 Å². The van der Waals surface area contributed by atoms with Crippen LogP contribution in [0.2, 0.25) is 10.0 Å². The molecule has 0 spiro atoms. The Morgan fingerprint density at radius 1 is 1.12 bits per heavy atom. The lowest BCUT2D eigenvalue weighted by atomic mass is 10.1. The number of rotatable bonds is 4. The third kappa shape index (κ3) is 3.12. The van der Waals surface area contributed by atoms with E-state index in [2.05, 4.69) is 5.32 Å². The summed E-state index contributed by atoms with van der Waals surface area (Å²) in [6.07, 6.45) is 0.856. The summed E-state index contributed by atoms with van der Waals surface area (Å²) in [5, 5.41) is 3.91. The van der Waals surface area contributed by atoms with Crippen LogP contribution < -0.4 is 10.2 Å². The van der Waals surface area contributed by atoms with E-state index in [9.17, 15) is 9.59 Å². The van der Waals surface area contributed by atoms with Crippen molar-refractivity contribution < 1.29 is 9.59 Å². The van der Waals surface area contributed by atoms with Gasteiger partial charge in [0.05, 0.1) is 22.2 Å². The Balaban J connectivity index is 1.85. The highest BCUT2D eigenvalue weighted by molar-refractivity contribution is 6.42. The van der Waals surface area contributed by atoms with E-state index in [1.54, 1.807) is 24.3 Å². The number of nitrogens with zero attached hydrogens (tertiary/aromatic N) is 1. The van der Waals surface area contributed by atoms with Crippen molar-refractivity contribution in [3.8, 4) is 0 Å². The smallest absolute Gasteiger partial charge is 0.256 e. The Morgan fingerprint density at radius 2 is 1.88 bits per heavy atom. The van der Waals surface area contributed by atoms with Crippen molar-refractivity contribution in [2.75, 3.05) is 10.2 Å². The number of hydrogen-bond donors (Lipinski definition) is 1. The summed E-state index contributed by atoms with van der Waals surface area (Å²) in [7, 11) is 0. The number of carbonyl (C=O) groups excluding carboxylic acids is 2. The molecule has 0 aliphatic carbocycles. The SMILES string of the molecule is CCc1ccccc1N1C(=O)C[C@@H](Nc2ccc(Cl)c(Cl)c2)C1=O. The molecule has 24 heavy (non-hydrogen) atoms. The number of anilines is 2. The molecule has 0 aromatic heterocycles. The molecule has 6 heteroatoms. The molecule has 0 saturated carbocycles. The zero-order valence-corrected chi connectivity index (χ0v) is 14.6. The second kappa shape index (κ2) is 6.83. The Labute approximate surface area is 150 Å². The summed E-state index contributed by atoms with van der Waals surface area (Å²) in [4.78, 5) is 26.4. The molecule has 2 aromatic carbocycles. The monoisotopic (exact) mass is 362 g/mol. The summed E-state index contributed by atoms with van der Waals surface area (Å²) in [5.74, 6) is -0.467. The summed E-state index contributed by atoms with van der Waals surface area (Å²) in [6.45, 7) is 2.00. The van der Waals surface area contributed by atoms with Crippen LogP contribution in [-0.2, 0) is 16.0 Å². The fourth-order valence-electron chi connectivity index (χ4n) is 2.81. The summed E-state index contributed by atoms with van der Waals surface area (Å²) in [6, 6.07) is 11.9. The van der Waals surface area contributed by atoms with Crippen molar-refractivity contribution in [3.05, 3.63) is 58.1 Å². The van der Waals surface area contributed by atoms with Crippen molar-refractivity contribution in [2.24, 2.45) is 0 Å². The number of benzene rings is 2. The van der Waals surface area contributed by atoms with E-state index >= 15 is 0 Å². The molecule has 1 aliphatic rings. The molecule has 1 atom stereocenters. The molecule has 0 unspecified atom stereocenters. The number of carbonyl (C=O) groups is 2. The fourth-order valence-corrected chi connectivity index (χ4v) is 3.11. The second-order valence-electron chi connectivity index (χ2n) is 5.58. The van der Waals surface area contributed by atoms with Gasteiger partial charge in [0.2, 0.25) is 5.91 Å². The number of para-hydroxylation sites is 1. The summed E-state index contributed by atoms with van der Waals surface area (Å²) < 4.78 is 0. The van der Waals surface area contributed by atoms with Gasteiger partial charge >= 0.3 is 0 Å². The maximum Gasteiger partial charge on any atom is 0.256 e. The zero-order chi connectivity index (χ0) is 17.3. The van der Waals surface area contributed by atoms with Crippen molar-refractivity contribution in [1.82, 2.24) is 0 Å². The summed E-state index contributed by atoms with van der Waals surface area (Å²) >= 11 is 11.9. The molecule has 2 aromatic rings. The molecule has 0 bridgehead atoms. The average molecular weight is 363 g/mol. The predicted octanol–water partition coefficient (Wildman–Crippen LogP) is 4.30. The lowest BCUT2D eigenvalue weighted by Crippen LogP contribution is -2.35. The van der Waals surface area contributed by atoms with Crippen LogP contribution in [0.15, 0.2) is 42.5 Å². The first-order valence-corrected chi connectivity index (χ1v) is 8.43. The van der Waals surface area contributed by atoms with Crippen LogP contribution in [0.3, 0.4) is 0 Å². The van der Waals surface area contributed by atoms with Gasteiger partial charge in [0.1, 0.15) is 6.04 Å². The molecule has 124 valence electrons. The minimum absolute atomic E-state index is 0.108. The van der Waals surface area contributed by atoms with E-state index in [1.807, 2.05) is 25.1 Å². The minimum Gasteiger partial charge on any atom is -0.373 e. The molecular formula is C18H16Cl2N2O2. The van der Waals surface area contributed by atoms with E-state index in [-0.39, 0.29) is 18.2 Å². The van der Waals surface area contributed by atoms with Gasteiger partial charge in [-0.05, 0) is 36.2 Å². The van der Waals surface area contributed by atoms with Crippen LogP contribution >= 0.6 is 23.2 Å². The van der Waals surface area contributed by atoms with Gasteiger partial charge in [-0.2, -0.15) is 0 Å². The third-order valence-electron chi connectivity index (χ3n) is 4.02. The predicted molar refractivity (Wildman–Crippen MR) is 96.8 cm³/mol. The van der Waals surface area contributed by atoms with E-state index in [0.717, 1.165) is 12.0 Å². The quantitative estimate of drug-likeness (QED) is 0.824. The van der Waals surface area contributed by atoms with Gasteiger partial charge in [0.25, 0.3) is 5.91 Å². The highest BCUT2D eigenvalue weighted by Crippen LogP contribution is 2.30. The number of aryl methyl sites for hydroxylation is 1. The highest BCUT2D eigenvalue weighted by atomic mass is 35.5. The Kier molecular flexibility index (Phi) is 4.78. The molecule has 1 heterocycles. The number of nitrogens with one attached hydrogen (secondary N) is 1. The second-order valence-corrected chi connectivity index (χ2v) is 6.39. The van der Waals surface area contributed by atoms with Gasteiger partial charge in [0.15, 0.2) is 0 Å². The number of imide groups is 1. The van der Waals surface area contributed by atoms with Gasteiger partial charge in [0, 0.05) is 5.69 Å². The first-order chi connectivity index (χ1) is 11.5. The maximum absolute atomic E-state index is 12.7. The van der Waals surface area contributed by atoms with E-state index in [0.29, 0.717) is 21.4 Å². The maximum atomic E-state index is 12.7. The summed E-state index contributed by atoms with van der Waals surface area (Å²) in [5.41, 5.74) is 2.28. The van der Waals surface area contributed by atoms with E-state index < -0.39 is 6.04 Å². The first kappa shape index (κ1) is 16.8. The lowest BCUT2D eigenvalue weighted by molar-refractivity contribution is -0.121. The molecule has 1 aliphatic heterocycles. The number of amides is 2. The van der Waals surface area contributed by atoms with Crippen molar-refractivity contribution >= 4 is 46.4 Å². The average Bonchev–Trinajstić information content (AvgIpc) is 2.85. The molecule has 4 nitrogen and oxygen atoms in total. The standard InChI is InChI=1S/C18H16Cl2N2O2/c1-2-11-5-3-4-6-16(11)22-17(23)10-15(18(22)24)21-12-7-8-13(19)14(20)9-12/h3-9,15,21H,2,10H2,1H3/t15-/m1/s1. The Hall–Kier alpha value is -2.04. The van der Waals surface area contributed by atoms with Gasteiger partial charge < -0.3 is 5.32 Å². The molecule has 3 rings (SSSR count). The van der Waals surface area contributed by atoms with Gasteiger partial charge in [-0.1, -0.05) is 48.3 Å². The fraction of sp³-hybridized carbons (Fsp3) is 0.222. The van der Waals surface area contributed by atoms with Crippen molar-refractivity contribution in [3.63, 3.8) is 0 Å². The van der Waals surface area contributed by atoms with Crippen LogP contribution in [0.5, 0.6) is 0 Å². The topological polar surface area (TPSA) is 49.4 Å². The van der Waals surface area contributed by atoms with Crippen LogP contribution in [0.4, 0.5) is 11.4 Å². The largest absolute Gasteiger partial charge is 0.373 e. The Bertz CT molecular complexity index is 807. The first-order valence-electron chi connectivity index (χ1n) is 7.67. The molecule has 1 fully saturated rings. The van der Waals surface area contributed by atoms with Gasteiger partial charge in [-0.3, -0.25) is 9.59 Å². The van der Waals surface area contributed by atoms with Crippen molar-refractivity contribution in [2.45, 2.75) is 25.8 Å². The van der Waals surface area contributed by atoms with Crippen LogP contribution in [0.1, 0.15) is 18.9 Å². The molecule has 1 saturated heterocycles.